The molecule has 0 saturated heterocycles. The molecule has 0 bridgehead atoms. The van der Waals surface area contributed by atoms with E-state index < -0.39 is 0 Å². The van der Waals surface area contributed by atoms with Crippen molar-refractivity contribution in [2.75, 3.05) is 6.54 Å². The highest BCUT2D eigenvalue weighted by Crippen LogP contribution is 2.38. The molecule has 2 rings (SSSR count). The summed E-state index contributed by atoms with van der Waals surface area (Å²) < 4.78 is 0. The predicted octanol–water partition coefficient (Wildman–Crippen LogP) is 4.23. The van der Waals surface area contributed by atoms with Gasteiger partial charge in [-0.15, -0.1) is 0 Å². The van der Waals surface area contributed by atoms with Gasteiger partial charge >= 0.3 is 0 Å². The Balaban J connectivity index is 2.35. The van der Waals surface area contributed by atoms with Crippen LogP contribution in [0.4, 0.5) is 0 Å². The summed E-state index contributed by atoms with van der Waals surface area (Å²) in [5.41, 5.74) is 11.9. The molecule has 1 saturated carbocycles. The van der Waals surface area contributed by atoms with Crippen LogP contribution in [0.15, 0.2) is 12.1 Å². The minimum atomic E-state index is 0.688. The third-order valence-corrected chi connectivity index (χ3v) is 4.74. The number of rotatable bonds is 2. The second-order valence-corrected chi connectivity index (χ2v) is 6.03. The first-order chi connectivity index (χ1) is 8.63. The molecule has 0 radical (unpaired) electrons. The smallest absolute Gasteiger partial charge is 0.00430 e. The summed E-state index contributed by atoms with van der Waals surface area (Å²) in [7, 11) is 0. The van der Waals surface area contributed by atoms with Crippen molar-refractivity contribution in [1.29, 1.82) is 0 Å². The summed E-state index contributed by atoms with van der Waals surface area (Å²) in [4.78, 5) is 0. The predicted molar refractivity (Wildman–Crippen MR) is 79.0 cm³/mol. The lowest BCUT2D eigenvalue weighted by Gasteiger charge is -2.26. The molecule has 1 fully saturated rings. The van der Waals surface area contributed by atoms with Gasteiger partial charge in [-0.1, -0.05) is 31.4 Å². The van der Waals surface area contributed by atoms with Crippen LogP contribution in [0.5, 0.6) is 0 Å². The topological polar surface area (TPSA) is 26.0 Å². The van der Waals surface area contributed by atoms with Gasteiger partial charge in [-0.25, -0.2) is 0 Å². The van der Waals surface area contributed by atoms with E-state index in [1.54, 1.807) is 5.56 Å². The molecule has 1 aliphatic rings. The number of nitrogens with two attached hydrogens (primary N) is 1. The van der Waals surface area contributed by atoms with E-state index in [4.69, 9.17) is 5.73 Å². The molecule has 0 aliphatic heterocycles. The number of hydrogen-bond donors (Lipinski definition) is 1. The Hall–Kier alpha value is -0.820. The second kappa shape index (κ2) is 5.88. The van der Waals surface area contributed by atoms with Crippen LogP contribution in [0, 0.1) is 26.7 Å². The van der Waals surface area contributed by atoms with Gasteiger partial charge in [0.2, 0.25) is 0 Å². The van der Waals surface area contributed by atoms with Crippen LogP contribution >= 0.6 is 0 Å². The van der Waals surface area contributed by atoms with Crippen LogP contribution in [0.25, 0.3) is 0 Å². The Labute approximate surface area is 112 Å². The summed E-state index contributed by atoms with van der Waals surface area (Å²) in [5, 5.41) is 0. The lowest BCUT2D eigenvalue weighted by Crippen LogP contribution is -2.22. The molecule has 0 heterocycles. The molecule has 100 valence electrons. The van der Waals surface area contributed by atoms with Gasteiger partial charge in [0.05, 0.1) is 0 Å². The van der Waals surface area contributed by atoms with Crippen molar-refractivity contribution in [1.82, 2.24) is 0 Å². The highest BCUT2D eigenvalue weighted by atomic mass is 14.6. The Bertz CT molecular complexity index is 408. The molecule has 1 aromatic rings. The van der Waals surface area contributed by atoms with Crippen LogP contribution < -0.4 is 5.73 Å². The van der Waals surface area contributed by atoms with Gasteiger partial charge in [0.15, 0.2) is 0 Å². The maximum Gasteiger partial charge on any atom is -0.00430 e. The van der Waals surface area contributed by atoms with E-state index in [0.29, 0.717) is 11.8 Å². The van der Waals surface area contributed by atoms with Crippen LogP contribution in [0.3, 0.4) is 0 Å². The second-order valence-electron chi connectivity index (χ2n) is 6.03. The molecule has 18 heavy (non-hydrogen) atoms. The molecule has 1 nitrogen and oxygen atoms in total. The van der Waals surface area contributed by atoms with Gasteiger partial charge in [0, 0.05) is 0 Å². The van der Waals surface area contributed by atoms with Gasteiger partial charge in [-0.05, 0) is 74.2 Å². The van der Waals surface area contributed by atoms with Gasteiger partial charge in [0.25, 0.3) is 0 Å². The Morgan fingerprint density at radius 3 is 2.33 bits per heavy atom. The summed E-state index contributed by atoms with van der Waals surface area (Å²) >= 11 is 0. The molecule has 0 amide bonds. The van der Waals surface area contributed by atoms with Gasteiger partial charge < -0.3 is 5.73 Å². The molecule has 2 N–H and O–H groups in total. The SMILES string of the molecule is Cc1cc(C)c(C2CCCCCC2CN)cc1C. The maximum atomic E-state index is 6.02. The van der Waals surface area contributed by atoms with E-state index in [1.807, 2.05) is 0 Å². The number of hydrogen-bond acceptors (Lipinski definition) is 1. The summed E-state index contributed by atoms with van der Waals surface area (Å²) in [6.07, 6.45) is 6.76. The Morgan fingerprint density at radius 2 is 1.61 bits per heavy atom. The lowest BCUT2D eigenvalue weighted by atomic mass is 9.79. The third kappa shape index (κ3) is 2.77. The van der Waals surface area contributed by atoms with Crippen molar-refractivity contribution < 1.29 is 0 Å². The van der Waals surface area contributed by atoms with Crippen molar-refractivity contribution in [3.63, 3.8) is 0 Å². The van der Waals surface area contributed by atoms with Gasteiger partial charge in [-0.2, -0.15) is 0 Å². The fraction of sp³-hybridized carbons (Fsp3) is 0.647. The zero-order valence-electron chi connectivity index (χ0n) is 12.1. The van der Waals surface area contributed by atoms with Crippen molar-refractivity contribution in [2.45, 2.75) is 58.8 Å². The molecule has 2 atom stereocenters. The zero-order valence-corrected chi connectivity index (χ0v) is 12.1. The highest BCUT2D eigenvalue weighted by Gasteiger charge is 2.25. The molecular weight excluding hydrogens is 218 g/mol. The van der Waals surface area contributed by atoms with Crippen molar-refractivity contribution in [2.24, 2.45) is 11.7 Å². The Kier molecular flexibility index (Phi) is 4.45. The van der Waals surface area contributed by atoms with E-state index >= 15 is 0 Å². The average molecular weight is 245 g/mol. The van der Waals surface area contributed by atoms with E-state index in [9.17, 15) is 0 Å². The van der Waals surface area contributed by atoms with Crippen molar-refractivity contribution in [3.05, 3.63) is 34.4 Å². The molecule has 0 aromatic heterocycles. The van der Waals surface area contributed by atoms with Crippen molar-refractivity contribution >= 4 is 0 Å². The molecule has 0 spiro atoms. The van der Waals surface area contributed by atoms with E-state index in [0.717, 1.165) is 6.54 Å². The normalized spacial score (nSPS) is 24.9. The first-order valence-electron chi connectivity index (χ1n) is 7.41. The number of aryl methyl sites for hydroxylation is 3. The summed E-state index contributed by atoms with van der Waals surface area (Å²) in [5.74, 6) is 1.38. The van der Waals surface area contributed by atoms with Crippen LogP contribution in [0.2, 0.25) is 0 Å². The fourth-order valence-corrected chi connectivity index (χ4v) is 3.46. The van der Waals surface area contributed by atoms with E-state index in [2.05, 4.69) is 32.9 Å². The quantitative estimate of drug-likeness (QED) is 0.775. The molecular formula is C17H27N. The average Bonchev–Trinajstić information content (AvgIpc) is 2.58. The fourth-order valence-electron chi connectivity index (χ4n) is 3.46. The Morgan fingerprint density at radius 1 is 0.944 bits per heavy atom. The van der Waals surface area contributed by atoms with Crippen LogP contribution in [-0.4, -0.2) is 6.54 Å². The third-order valence-electron chi connectivity index (χ3n) is 4.74. The van der Waals surface area contributed by atoms with Gasteiger partial charge in [-0.3, -0.25) is 0 Å². The molecule has 1 heteroatoms. The molecule has 1 aliphatic carbocycles. The van der Waals surface area contributed by atoms with E-state index in [1.165, 1.54) is 48.8 Å². The summed E-state index contributed by atoms with van der Waals surface area (Å²) in [6.45, 7) is 7.54. The standard InChI is InChI=1S/C17H27N/c1-12-9-14(3)17(10-13(12)2)16-8-6-4-5-7-15(16)11-18/h9-10,15-16H,4-8,11,18H2,1-3H3. The van der Waals surface area contributed by atoms with E-state index in [-0.39, 0.29) is 0 Å². The highest BCUT2D eigenvalue weighted by molar-refractivity contribution is 5.38. The first kappa shape index (κ1) is 13.6. The first-order valence-corrected chi connectivity index (χ1v) is 7.41. The molecule has 2 unspecified atom stereocenters. The molecule has 1 aromatic carbocycles. The minimum Gasteiger partial charge on any atom is -0.330 e. The van der Waals surface area contributed by atoms with Crippen molar-refractivity contribution in [3.8, 4) is 0 Å². The zero-order chi connectivity index (χ0) is 13.1. The maximum absolute atomic E-state index is 6.02. The minimum absolute atomic E-state index is 0.688. The monoisotopic (exact) mass is 245 g/mol. The van der Waals surface area contributed by atoms with Gasteiger partial charge in [0.1, 0.15) is 0 Å². The van der Waals surface area contributed by atoms with Crippen LogP contribution in [0.1, 0.15) is 60.3 Å². The largest absolute Gasteiger partial charge is 0.330 e. The lowest BCUT2D eigenvalue weighted by molar-refractivity contribution is 0.407. The summed E-state index contributed by atoms with van der Waals surface area (Å²) in [6, 6.07) is 4.77. The number of benzene rings is 1. The van der Waals surface area contributed by atoms with Crippen LogP contribution in [-0.2, 0) is 0 Å².